The Morgan fingerprint density at radius 3 is 2.50 bits per heavy atom. The molecule has 2 aromatic carbocycles. The summed E-state index contributed by atoms with van der Waals surface area (Å²) in [6.07, 6.45) is 1.60. The van der Waals surface area contributed by atoms with Gasteiger partial charge in [-0.3, -0.25) is 0 Å². The SMILES string of the molecule is OC(Cc1cc(Cl)ccc1F)C1(c2ccccc2)CC1. The van der Waals surface area contributed by atoms with E-state index in [1.54, 1.807) is 6.07 Å². The highest BCUT2D eigenvalue weighted by atomic mass is 35.5. The quantitative estimate of drug-likeness (QED) is 0.898. The molecule has 0 heterocycles. The fourth-order valence-corrected chi connectivity index (χ4v) is 3.02. The third-order valence-electron chi connectivity index (χ3n) is 4.20. The molecule has 3 rings (SSSR count). The predicted molar refractivity (Wildman–Crippen MR) is 78.5 cm³/mol. The first-order chi connectivity index (χ1) is 9.62. The molecule has 1 unspecified atom stereocenters. The van der Waals surface area contributed by atoms with Crippen molar-refractivity contribution < 1.29 is 9.50 Å². The van der Waals surface area contributed by atoms with Gasteiger partial charge in [0.1, 0.15) is 5.82 Å². The van der Waals surface area contributed by atoms with Crippen molar-refractivity contribution in [3.63, 3.8) is 0 Å². The molecular formula is C17H16ClFO. The van der Waals surface area contributed by atoms with Gasteiger partial charge in [-0.25, -0.2) is 4.39 Å². The van der Waals surface area contributed by atoms with Gasteiger partial charge < -0.3 is 5.11 Å². The van der Waals surface area contributed by atoms with Crippen LogP contribution in [0.3, 0.4) is 0 Å². The molecule has 1 N–H and O–H groups in total. The van der Waals surface area contributed by atoms with E-state index in [1.807, 2.05) is 30.3 Å². The zero-order valence-electron chi connectivity index (χ0n) is 11.0. The minimum Gasteiger partial charge on any atom is -0.392 e. The van der Waals surface area contributed by atoms with E-state index >= 15 is 0 Å². The fraction of sp³-hybridized carbons (Fsp3) is 0.294. The average Bonchev–Trinajstić information content (AvgIpc) is 3.25. The Kier molecular flexibility index (Phi) is 3.53. The molecule has 2 aromatic rings. The van der Waals surface area contributed by atoms with Gasteiger partial charge in [-0.2, -0.15) is 0 Å². The van der Waals surface area contributed by atoms with Gasteiger partial charge >= 0.3 is 0 Å². The maximum absolute atomic E-state index is 13.8. The van der Waals surface area contributed by atoms with Crippen LogP contribution in [-0.4, -0.2) is 11.2 Å². The molecule has 0 amide bonds. The van der Waals surface area contributed by atoms with E-state index in [2.05, 4.69) is 0 Å². The van der Waals surface area contributed by atoms with Crippen molar-refractivity contribution in [2.45, 2.75) is 30.8 Å². The van der Waals surface area contributed by atoms with Gasteiger partial charge in [-0.05, 0) is 42.2 Å². The molecule has 1 atom stereocenters. The molecule has 0 saturated heterocycles. The lowest BCUT2D eigenvalue weighted by molar-refractivity contribution is 0.130. The van der Waals surface area contributed by atoms with Crippen molar-refractivity contribution in [3.8, 4) is 0 Å². The van der Waals surface area contributed by atoms with Gasteiger partial charge in [-0.15, -0.1) is 0 Å². The zero-order valence-corrected chi connectivity index (χ0v) is 11.8. The lowest BCUT2D eigenvalue weighted by atomic mass is 9.86. The second-order valence-corrected chi connectivity index (χ2v) is 5.91. The first-order valence-corrected chi connectivity index (χ1v) is 7.17. The van der Waals surface area contributed by atoms with E-state index < -0.39 is 6.10 Å². The fourth-order valence-electron chi connectivity index (χ4n) is 2.82. The lowest BCUT2D eigenvalue weighted by Gasteiger charge is -2.23. The normalized spacial score (nSPS) is 17.8. The summed E-state index contributed by atoms with van der Waals surface area (Å²) in [5, 5.41) is 11.1. The smallest absolute Gasteiger partial charge is 0.126 e. The number of hydrogen-bond acceptors (Lipinski definition) is 1. The van der Waals surface area contributed by atoms with E-state index in [0.717, 1.165) is 18.4 Å². The van der Waals surface area contributed by atoms with Gasteiger partial charge in [0.2, 0.25) is 0 Å². The summed E-state index contributed by atoms with van der Waals surface area (Å²) >= 11 is 5.90. The van der Waals surface area contributed by atoms with Crippen LogP contribution in [0.5, 0.6) is 0 Å². The third kappa shape index (κ3) is 2.46. The summed E-state index contributed by atoms with van der Waals surface area (Å²) in [5.74, 6) is -0.308. The van der Waals surface area contributed by atoms with Gasteiger partial charge in [0.05, 0.1) is 6.10 Å². The summed E-state index contributed by atoms with van der Waals surface area (Å²) in [6, 6.07) is 14.5. The molecule has 20 heavy (non-hydrogen) atoms. The molecule has 1 fully saturated rings. The third-order valence-corrected chi connectivity index (χ3v) is 4.43. The molecule has 1 aliphatic carbocycles. The second kappa shape index (κ2) is 5.19. The van der Waals surface area contributed by atoms with Crippen molar-refractivity contribution in [2.24, 2.45) is 0 Å². The van der Waals surface area contributed by atoms with Crippen molar-refractivity contribution >= 4 is 11.6 Å². The molecular weight excluding hydrogens is 275 g/mol. The highest BCUT2D eigenvalue weighted by Gasteiger charge is 2.50. The Bertz CT molecular complexity index is 608. The highest BCUT2D eigenvalue weighted by molar-refractivity contribution is 6.30. The number of benzene rings is 2. The van der Waals surface area contributed by atoms with Crippen molar-refractivity contribution in [3.05, 3.63) is 70.5 Å². The number of hydrogen-bond donors (Lipinski definition) is 1. The molecule has 104 valence electrons. The number of halogens is 2. The van der Waals surface area contributed by atoms with Crippen LogP contribution < -0.4 is 0 Å². The largest absolute Gasteiger partial charge is 0.392 e. The Hall–Kier alpha value is -1.38. The van der Waals surface area contributed by atoms with Crippen molar-refractivity contribution in [2.75, 3.05) is 0 Å². The molecule has 3 heteroatoms. The zero-order chi connectivity index (χ0) is 14.2. The van der Waals surface area contributed by atoms with Gasteiger partial charge in [0, 0.05) is 16.9 Å². The van der Waals surface area contributed by atoms with E-state index in [4.69, 9.17) is 11.6 Å². The van der Waals surface area contributed by atoms with Gasteiger partial charge in [0.15, 0.2) is 0 Å². The Labute approximate surface area is 123 Å². The van der Waals surface area contributed by atoms with Crippen LogP contribution in [0.1, 0.15) is 24.0 Å². The Balaban J connectivity index is 1.83. The molecule has 0 bridgehead atoms. The predicted octanol–water partition coefficient (Wildman–Crippen LogP) is 4.11. The minimum absolute atomic E-state index is 0.212. The molecule has 1 aliphatic rings. The Morgan fingerprint density at radius 1 is 1.15 bits per heavy atom. The first kappa shape index (κ1) is 13.6. The van der Waals surface area contributed by atoms with Crippen LogP contribution in [-0.2, 0) is 11.8 Å². The van der Waals surface area contributed by atoms with E-state index in [1.165, 1.54) is 12.1 Å². The number of rotatable bonds is 4. The monoisotopic (exact) mass is 290 g/mol. The Morgan fingerprint density at radius 2 is 1.85 bits per heavy atom. The maximum atomic E-state index is 13.8. The van der Waals surface area contributed by atoms with Crippen LogP contribution in [0.4, 0.5) is 4.39 Å². The molecule has 0 spiro atoms. The summed E-state index contributed by atoms with van der Waals surface area (Å²) in [7, 11) is 0. The summed E-state index contributed by atoms with van der Waals surface area (Å²) < 4.78 is 13.8. The second-order valence-electron chi connectivity index (χ2n) is 5.48. The van der Waals surface area contributed by atoms with Crippen LogP contribution >= 0.6 is 11.6 Å². The van der Waals surface area contributed by atoms with Gasteiger partial charge in [-0.1, -0.05) is 41.9 Å². The van der Waals surface area contributed by atoms with Crippen LogP contribution in [0.25, 0.3) is 0 Å². The average molecular weight is 291 g/mol. The topological polar surface area (TPSA) is 20.2 Å². The van der Waals surface area contributed by atoms with Gasteiger partial charge in [0.25, 0.3) is 0 Å². The van der Waals surface area contributed by atoms with E-state index in [9.17, 15) is 9.50 Å². The van der Waals surface area contributed by atoms with Crippen molar-refractivity contribution in [1.82, 2.24) is 0 Å². The van der Waals surface area contributed by atoms with Crippen LogP contribution in [0, 0.1) is 5.82 Å². The molecule has 1 saturated carbocycles. The number of aliphatic hydroxyl groups excluding tert-OH is 1. The van der Waals surface area contributed by atoms with Crippen LogP contribution in [0.2, 0.25) is 5.02 Å². The molecule has 1 nitrogen and oxygen atoms in total. The van der Waals surface area contributed by atoms with E-state index in [-0.39, 0.29) is 11.2 Å². The summed E-state index contributed by atoms with van der Waals surface area (Å²) in [6.45, 7) is 0. The molecule has 0 aliphatic heterocycles. The minimum atomic E-state index is -0.585. The molecule has 0 radical (unpaired) electrons. The standard InChI is InChI=1S/C17H16ClFO/c18-14-6-7-15(19)12(10-14)11-16(20)17(8-9-17)13-4-2-1-3-5-13/h1-7,10,16,20H,8-9,11H2. The highest BCUT2D eigenvalue weighted by Crippen LogP contribution is 2.51. The number of aliphatic hydroxyl groups is 1. The van der Waals surface area contributed by atoms with E-state index in [0.29, 0.717) is 17.0 Å². The summed E-state index contributed by atoms with van der Waals surface area (Å²) in [5.41, 5.74) is 1.40. The summed E-state index contributed by atoms with van der Waals surface area (Å²) in [4.78, 5) is 0. The lowest BCUT2D eigenvalue weighted by Crippen LogP contribution is -2.28. The molecule has 0 aromatic heterocycles. The van der Waals surface area contributed by atoms with Crippen molar-refractivity contribution in [1.29, 1.82) is 0 Å². The maximum Gasteiger partial charge on any atom is 0.126 e. The van der Waals surface area contributed by atoms with Crippen LogP contribution in [0.15, 0.2) is 48.5 Å². The first-order valence-electron chi connectivity index (χ1n) is 6.79.